The molecule has 252 valence electrons. The van der Waals surface area contributed by atoms with Crippen molar-refractivity contribution in [1.29, 1.82) is 5.26 Å². The molecule has 0 amide bonds. The first-order chi connectivity index (χ1) is 26.7. The minimum Gasteiger partial charge on any atom is -0.657 e. The van der Waals surface area contributed by atoms with Gasteiger partial charge in [-0.1, -0.05) is 48.0 Å². The van der Waals surface area contributed by atoms with Crippen molar-refractivity contribution in [3.8, 4) is 17.2 Å². The number of hydrogen-bond donors (Lipinski definition) is 0. The van der Waals surface area contributed by atoms with Gasteiger partial charge in [-0.05, 0) is 74.3 Å². The van der Waals surface area contributed by atoms with Crippen LogP contribution >= 0.6 is 0 Å². The first-order valence-electron chi connectivity index (χ1n) is 18.7. The quantitative estimate of drug-likeness (QED) is 0.163. The van der Waals surface area contributed by atoms with E-state index in [-0.39, 0.29) is 32.7 Å². The van der Waals surface area contributed by atoms with Crippen LogP contribution in [0.1, 0.15) is 30.5 Å². The van der Waals surface area contributed by atoms with E-state index >= 15 is 0 Å². The van der Waals surface area contributed by atoms with E-state index in [0.29, 0.717) is 28.6 Å². The molecule has 0 N–H and O–H groups in total. The van der Waals surface area contributed by atoms with Gasteiger partial charge in [0.2, 0.25) is 0 Å². The number of nitrogens with zero attached hydrogens (tertiary/aromatic N) is 10. The Bertz CT molecular complexity index is 2580. The fraction of sp³-hybridized carbons (Fsp3) is 0.125. The summed E-state index contributed by atoms with van der Waals surface area (Å²) in [7, 11) is 0. The SMILES string of the molecule is N#Cc1ccc2[n-]c3ccccc3c2c1.[2H]C([2H])([2H])N1[CH-]N(c2[c-]c(N3[CH-]N(C([2H])([2H])[2H])c4nccnc43)cc(-c3c(C)cc(C)cc3C)c2)c2nccnc21.[Pt+4]. The maximum absolute atomic E-state index is 8.84. The van der Waals surface area contributed by atoms with Crippen LogP contribution < -0.4 is 24.6 Å². The summed E-state index contributed by atoms with van der Waals surface area (Å²) in [5, 5.41) is 11.0. The van der Waals surface area contributed by atoms with Crippen LogP contribution in [0.2, 0.25) is 0 Å². The Morgan fingerprint density at radius 3 is 1.82 bits per heavy atom. The molecule has 0 saturated heterocycles. The van der Waals surface area contributed by atoms with Crippen molar-refractivity contribution in [2.24, 2.45) is 0 Å². The molecule has 2 aliphatic heterocycles. The molecule has 2 aliphatic rings. The number of aromatic nitrogens is 5. The van der Waals surface area contributed by atoms with Gasteiger partial charge in [0.15, 0.2) is 0 Å². The molecule has 11 heteroatoms. The fourth-order valence-corrected chi connectivity index (χ4v) is 6.56. The second kappa shape index (κ2) is 13.5. The number of nitriles is 1. The van der Waals surface area contributed by atoms with Gasteiger partial charge in [0.05, 0.1) is 11.6 Å². The molecule has 0 unspecified atom stereocenters. The number of para-hydroxylation sites is 1. The van der Waals surface area contributed by atoms with Crippen molar-refractivity contribution < 1.29 is 29.3 Å². The molecular formula is C40H32N10Pt. The average molecular weight is 854 g/mol. The second-order valence-corrected chi connectivity index (χ2v) is 12.0. The predicted octanol–water partition coefficient (Wildman–Crippen LogP) is 7.89. The Kier molecular flexibility index (Phi) is 7.15. The molecule has 9 rings (SSSR count). The normalized spacial score (nSPS) is 15.3. The van der Waals surface area contributed by atoms with Gasteiger partial charge >= 0.3 is 21.1 Å². The Morgan fingerprint density at radius 1 is 0.706 bits per heavy atom. The van der Waals surface area contributed by atoms with Gasteiger partial charge in [-0.25, -0.2) is 19.9 Å². The zero-order valence-electron chi connectivity index (χ0n) is 33.6. The summed E-state index contributed by atoms with van der Waals surface area (Å²) in [6, 6.07) is 27.1. The van der Waals surface area contributed by atoms with Crippen LogP contribution in [0.25, 0.3) is 32.9 Å². The molecule has 3 aromatic heterocycles. The van der Waals surface area contributed by atoms with Crippen LogP contribution in [0, 0.1) is 51.5 Å². The maximum Gasteiger partial charge on any atom is 4.00 e. The second-order valence-electron chi connectivity index (χ2n) is 12.0. The van der Waals surface area contributed by atoms with E-state index in [9.17, 15) is 0 Å². The third-order valence-corrected chi connectivity index (χ3v) is 8.58. The Morgan fingerprint density at radius 2 is 1.25 bits per heavy atom. The third kappa shape index (κ3) is 6.04. The standard InChI is InChI=1S/C27H25N8.C13H7N2.Pt/c1-17-10-18(2)23(19(3)11-17)20-12-21(34-15-32(4)24-26(34)30-8-6-28-24)14-22(13-20)35-16-33(5)25-27(35)31-9-7-29-25;14-8-9-5-6-13-11(7-9)10-3-1-2-4-12(10)15-13;/h6-13,15-16H,1-5H3;1-7H;/q-3;-1;+4/i4D3,5D3;;. The summed E-state index contributed by atoms with van der Waals surface area (Å²) in [4.78, 5) is 27.3. The summed E-state index contributed by atoms with van der Waals surface area (Å²) in [6.07, 6.45) is 5.88. The molecule has 0 spiro atoms. The largest absolute Gasteiger partial charge is 4.00 e. The van der Waals surface area contributed by atoms with Crippen molar-refractivity contribution in [2.75, 3.05) is 33.6 Å². The van der Waals surface area contributed by atoms with Gasteiger partial charge in [-0.3, -0.25) is 0 Å². The van der Waals surface area contributed by atoms with Crippen LogP contribution in [0.5, 0.6) is 0 Å². The van der Waals surface area contributed by atoms with Crippen molar-refractivity contribution >= 4 is 56.5 Å². The summed E-state index contributed by atoms with van der Waals surface area (Å²) >= 11 is 0. The topological polar surface area (TPSA) is 102 Å². The molecule has 0 radical (unpaired) electrons. The molecule has 4 aromatic carbocycles. The Hall–Kier alpha value is -5.78. The molecule has 5 heterocycles. The van der Waals surface area contributed by atoms with Crippen LogP contribution in [-0.4, -0.2) is 33.9 Å². The Balaban J connectivity index is 0.000000258. The zero-order chi connectivity index (χ0) is 39.5. The first-order valence-corrected chi connectivity index (χ1v) is 15.7. The fourth-order valence-electron chi connectivity index (χ4n) is 6.56. The number of aryl methyl sites for hydroxylation is 3. The van der Waals surface area contributed by atoms with E-state index in [1.165, 1.54) is 38.1 Å². The number of benzene rings is 4. The molecule has 0 fully saturated rings. The van der Waals surface area contributed by atoms with Crippen molar-refractivity contribution in [2.45, 2.75) is 20.8 Å². The van der Waals surface area contributed by atoms with E-state index in [1.54, 1.807) is 15.9 Å². The number of anilines is 6. The molecule has 0 atom stereocenters. The van der Waals surface area contributed by atoms with E-state index in [2.05, 4.69) is 49.2 Å². The summed E-state index contributed by atoms with van der Waals surface area (Å²) < 4.78 is 48.3. The number of fused-ring (bicyclic) bond motifs is 5. The minimum absolute atomic E-state index is 0. The summed E-state index contributed by atoms with van der Waals surface area (Å²) in [6.45, 7) is 3.97. The van der Waals surface area contributed by atoms with Gasteiger partial charge in [-0.15, -0.1) is 59.5 Å². The van der Waals surface area contributed by atoms with Crippen molar-refractivity contribution in [3.05, 3.63) is 133 Å². The van der Waals surface area contributed by atoms with E-state index in [1.807, 2.05) is 69.3 Å². The average Bonchev–Trinajstić information content (AvgIpc) is 3.86. The van der Waals surface area contributed by atoms with Gasteiger partial charge in [-0.2, -0.15) is 5.26 Å². The zero-order valence-corrected chi connectivity index (χ0v) is 29.9. The van der Waals surface area contributed by atoms with Crippen LogP contribution in [0.3, 0.4) is 0 Å². The van der Waals surface area contributed by atoms with Crippen molar-refractivity contribution in [1.82, 2.24) is 24.9 Å². The van der Waals surface area contributed by atoms with Crippen LogP contribution in [-0.2, 0) is 21.1 Å². The molecule has 0 saturated carbocycles. The molecule has 0 bridgehead atoms. The Labute approximate surface area is 319 Å². The molecule has 10 nitrogen and oxygen atoms in total. The maximum atomic E-state index is 8.84. The van der Waals surface area contributed by atoms with Crippen molar-refractivity contribution in [3.63, 3.8) is 0 Å². The molecular weight excluding hydrogens is 816 g/mol. The molecule has 0 aliphatic carbocycles. The summed E-state index contributed by atoms with van der Waals surface area (Å²) in [5.74, 6) is 1.03. The van der Waals surface area contributed by atoms with Gasteiger partial charge in [0.25, 0.3) is 0 Å². The van der Waals surface area contributed by atoms with Crippen LogP contribution in [0.15, 0.2) is 91.5 Å². The van der Waals surface area contributed by atoms with E-state index < -0.39 is 14.0 Å². The monoisotopic (exact) mass is 853 g/mol. The van der Waals surface area contributed by atoms with Gasteiger partial charge in [0, 0.05) is 33.0 Å². The number of rotatable bonds is 3. The first kappa shape index (κ1) is 27.0. The molecule has 7 aromatic rings. The predicted molar refractivity (Wildman–Crippen MR) is 198 cm³/mol. The molecule has 51 heavy (non-hydrogen) atoms. The number of hydrogen-bond acceptors (Lipinski definition) is 9. The third-order valence-electron chi connectivity index (χ3n) is 8.58. The van der Waals surface area contributed by atoms with Gasteiger partial charge < -0.3 is 24.6 Å². The van der Waals surface area contributed by atoms with E-state index in [4.69, 9.17) is 13.5 Å². The smallest absolute Gasteiger partial charge is 0.657 e. The van der Waals surface area contributed by atoms with Gasteiger partial charge in [0.1, 0.15) is 23.3 Å². The van der Waals surface area contributed by atoms with E-state index in [0.717, 1.165) is 59.4 Å². The summed E-state index contributed by atoms with van der Waals surface area (Å²) in [5.41, 5.74) is 8.63. The van der Waals surface area contributed by atoms with Crippen LogP contribution in [0.4, 0.5) is 34.6 Å². The minimum atomic E-state index is -2.50.